The molecule has 5 rings (SSSR count). The summed E-state index contributed by atoms with van der Waals surface area (Å²) in [6, 6.07) is 14.6. The fourth-order valence-electron chi connectivity index (χ4n) is 3.17. The molecular weight excluding hydrogens is 376 g/mol. The molecule has 0 aliphatic carbocycles. The van der Waals surface area contributed by atoms with Crippen molar-refractivity contribution in [3.05, 3.63) is 64.7 Å². The second-order valence-corrected chi connectivity index (χ2v) is 7.35. The third kappa shape index (κ3) is 2.81. The number of carbonyl (C=O) groups is 2. The van der Waals surface area contributed by atoms with E-state index in [0.29, 0.717) is 28.6 Å². The third-order valence-corrected chi connectivity index (χ3v) is 5.41. The molecule has 0 atom stereocenters. The Hall–Kier alpha value is -3.59. The number of H-pyrrole nitrogens is 1. The highest BCUT2D eigenvalue weighted by molar-refractivity contribution is 7.15. The minimum atomic E-state index is -0.259. The van der Waals surface area contributed by atoms with E-state index in [-0.39, 0.29) is 18.4 Å². The fourth-order valence-corrected chi connectivity index (χ4v) is 3.90. The number of imidazole rings is 1. The lowest BCUT2D eigenvalue weighted by molar-refractivity contribution is 0.0656. The van der Waals surface area contributed by atoms with Gasteiger partial charge in [0.2, 0.25) is 11.1 Å². The number of hydrogen-bond donors (Lipinski definition) is 2. The first kappa shape index (κ1) is 16.6. The highest BCUT2D eigenvalue weighted by Crippen LogP contribution is 2.24. The normalized spacial score (nSPS) is 13.4. The lowest BCUT2D eigenvalue weighted by Crippen LogP contribution is -2.31. The maximum absolute atomic E-state index is 12.4. The molecule has 3 heterocycles. The summed E-state index contributed by atoms with van der Waals surface area (Å²) in [5.74, 6) is 0.0701. The average molecular weight is 390 g/mol. The molecule has 1 aliphatic heterocycles. The summed E-state index contributed by atoms with van der Waals surface area (Å²) in [6.45, 7) is 0.269. The monoisotopic (exact) mass is 390 g/mol. The van der Waals surface area contributed by atoms with Crippen LogP contribution in [0.4, 0.5) is 11.1 Å². The lowest BCUT2D eigenvalue weighted by Gasteiger charge is -2.11. The summed E-state index contributed by atoms with van der Waals surface area (Å²) in [5, 5.41) is 12.7. The van der Waals surface area contributed by atoms with E-state index >= 15 is 0 Å². The molecule has 2 N–H and O–H groups in total. The maximum Gasteiger partial charge on any atom is 0.261 e. The van der Waals surface area contributed by atoms with Crippen LogP contribution in [0.15, 0.2) is 48.5 Å². The first-order valence-electron chi connectivity index (χ1n) is 8.68. The van der Waals surface area contributed by atoms with Gasteiger partial charge < -0.3 is 10.3 Å². The number of anilines is 2. The van der Waals surface area contributed by atoms with Crippen molar-refractivity contribution in [3.8, 4) is 0 Å². The molecule has 0 fully saturated rings. The van der Waals surface area contributed by atoms with E-state index in [4.69, 9.17) is 0 Å². The van der Waals surface area contributed by atoms with Crippen molar-refractivity contribution in [2.75, 3.05) is 11.9 Å². The van der Waals surface area contributed by atoms with Gasteiger partial charge in [0, 0.05) is 13.0 Å². The molecule has 0 saturated carbocycles. The number of imide groups is 1. The number of aromatic amines is 1. The Morgan fingerprint density at radius 2 is 1.68 bits per heavy atom. The zero-order valence-electron chi connectivity index (χ0n) is 14.5. The van der Waals surface area contributed by atoms with Gasteiger partial charge in [0.25, 0.3) is 11.8 Å². The molecule has 4 aromatic rings. The first-order chi connectivity index (χ1) is 13.7. The molecule has 0 bridgehead atoms. The SMILES string of the molecule is O=C1c2ccccc2C(=O)N1CCc1nnc(Nc2nc3ccccc3[nH]2)s1. The standard InChI is InChI=1S/C19H14N6O2S/c26-16-11-5-1-2-6-12(11)17(27)25(16)10-9-15-23-24-19(28-15)22-18-20-13-7-3-4-8-14(13)21-18/h1-8H,9-10H2,(H2,20,21,22,24). The van der Waals surface area contributed by atoms with E-state index in [1.807, 2.05) is 24.3 Å². The van der Waals surface area contributed by atoms with Crippen molar-refractivity contribution in [1.29, 1.82) is 0 Å². The predicted octanol–water partition coefficient (Wildman–Crippen LogP) is 3.00. The Morgan fingerprint density at radius 3 is 2.43 bits per heavy atom. The third-order valence-electron chi connectivity index (χ3n) is 4.51. The van der Waals surface area contributed by atoms with E-state index in [1.165, 1.54) is 16.2 Å². The number of hydrogen-bond acceptors (Lipinski definition) is 7. The number of amides is 2. The molecule has 1 aliphatic rings. The smallest absolute Gasteiger partial charge is 0.261 e. The summed E-state index contributed by atoms with van der Waals surface area (Å²) < 4.78 is 0. The molecule has 8 nitrogen and oxygen atoms in total. The van der Waals surface area contributed by atoms with Crippen molar-refractivity contribution in [3.63, 3.8) is 0 Å². The van der Waals surface area contributed by atoms with Crippen LogP contribution < -0.4 is 5.32 Å². The quantitative estimate of drug-likeness (QED) is 0.508. The molecular formula is C19H14N6O2S. The lowest BCUT2D eigenvalue weighted by atomic mass is 10.1. The summed E-state index contributed by atoms with van der Waals surface area (Å²) in [6.07, 6.45) is 0.449. The number of aromatic nitrogens is 4. The van der Waals surface area contributed by atoms with Crippen LogP contribution in [-0.2, 0) is 6.42 Å². The molecule has 138 valence electrons. The largest absolute Gasteiger partial charge is 0.324 e. The molecule has 9 heteroatoms. The number of rotatable bonds is 5. The van der Waals surface area contributed by atoms with Gasteiger partial charge in [-0.1, -0.05) is 35.6 Å². The van der Waals surface area contributed by atoms with Crippen LogP contribution in [0.5, 0.6) is 0 Å². The van der Waals surface area contributed by atoms with Crippen molar-refractivity contribution in [2.45, 2.75) is 6.42 Å². The average Bonchev–Trinajstić information content (AvgIpc) is 3.39. The van der Waals surface area contributed by atoms with E-state index < -0.39 is 0 Å². The highest BCUT2D eigenvalue weighted by Gasteiger charge is 2.34. The Morgan fingerprint density at radius 1 is 0.964 bits per heavy atom. The Labute approximate surface area is 163 Å². The molecule has 2 aromatic carbocycles. The van der Waals surface area contributed by atoms with Crippen LogP contribution in [0.2, 0.25) is 0 Å². The predicted molar refractivity (Wildman–Crippen MR) is 105 cm³/mol. The topological polar surface area (TPSA) is 104 Å². The first-order valence-corrected chi connectivity index (χ1v) is 9.50. The van der Waals surface area contributed by atoms with Gasteiger partial charge >= 0.3 is 0 Å². The van der Waals surface area contributed by atoms with Gasteiger partial charge in [0.05, 0.1) is 22.2 Å². The van der Waals surface area contributed by atoms with Crippen LogP contribution in [0.3, 0.4) is 0 Å². The van der Waals surface area contributed by atoms with Crippen LogP contribution in [-0.4, -0.2) is 43.4 Å². The summed E-state index contributed by atoms with van der Waals surface area (Å²) in [5.41, 5.74) is 2.70. The Kier molecular flexibility index (Phi) is 3.87. The Bertz CT molecular complexity index is 1150. The van der Waals surface area contributed by atoms with Gasteiger partial charge in [-0.3, -0.25) is 14.5 Å². The van der Waals surface area contributed by atoms with E-state index in [9.17, 15) is 9.59 Å². The maximum atomic E-state index is 12.4. The summed E-state index contributed by atoms with van der Waals surface area (Å²) in [7, 11) is 0. The minimum Gasteiger partial charge on any atom is -0.324 e. The second kappa shape index (κ2) is 6.54. The van der Waals surface area contributed by atoms with E-state index in [2.05, 4.69) is 25.5 Å². The number of nitrogens with one attached hydrogen (secondary N) is 2. The van der Waals surface area contributed by atoms with Gasteiger partial charge in [-0.05, 0) is 24.3 Å². The van der Waals surface area contributed by atoms with Gasteiger partial charge in [-0.15, -0.1) is 10.2 Å². The van der Waals surface area contributed by atoms with Gasteiger partial charge in [0.15, 0.2) is 0 Å². The molecule has 0 spiro atoms. The fraction of sp³-hybridized carbons (Fsp3) is 0.105. The highest BCUT2D eigenvalue weighted by atomic mass is 32.1. The van der Waals surface area contributed by atoms with Crippen molar-refractivity contribution < 1.29 is 9.59 Å². The molecule has 2 amide bonds. The van der Waals surface area contributed by atoms with Crippen LogP contribution >= 0.6 is 11.3 Å². The molecule has 0 radical (unpaired) electrons. The number of para-hydroxylation sites is 2. The Balaban J connectivity index is 1.26. The van der Waals surface area contributed by atoms with Crippen LogP contribution in [0.25, 0.3) is 11.0 Å². The number of fused-ring (bicyclic) bond motifs is 2. The zero-order valence-corrected chi connectivity index (χ0v) is 15.4. The van der Waals surface area contributed by atoms with Crippen molar-refractivity contribution in [2.24, 2.45) is 0 Å². The van der Waals surface area contributed by atoms with Gasteiger partial charge in [-0.2, -0.15) is 0 Å². The second-order valence-electron chi connectivity index (χ2n) is 6.29. The zero-order chi connectivity index (χ0) is 19.1. The van der Waals surface area contributed by atoms with E-state index in [1.54, 1.807) is 24.3 Å². The van der Waals surface area contributed by atoms with Crippen LogP contribution in [0.1, 0.15) is 25.7 Å². The number of nitrogens with zero attached hydrogens (tertiary/aromatic N) is 4. The van der Waals surface area contributed by atoms with Gasteiger partial charge in [-0.25, -0.2) is 4.98 Å². The molecule has 28 heavy (non-hydrogen) atoms. The van der Waals surface area contributed by atoms with Crippen molar-refractivity contribution in [1.82, 2.24) is 25.1 Å². The molecule has 0 unspecified atom stereocenters. The van der Waals surface area contributed by atoms with Crippen LogP contribution in [0, 0.1) is 0 Å². The molecule has 0 saturated heterocycles. The molecule has 2 aromatic heterocycles. The summed E-state index contributed by atoms with van der Waals surface area (Å²) >= 11 is 1.36. The number of carbonyl (C=O) groups excluding carboxylic acids is 2. The van der Waals surface area contributed by atoms with Crippen molar-refractivity contribution >= 4 is 45.3 Å². The summed E-state index contributed by atoms with van der Waals surface area (Å²) in [4.78, 5) is 33.7. The van der Waals surface area contributed by atoms with E-state index in [0.717, 1.165) is 16.0 Å². The minimum absolute atomic E-state index is 0.259. The number of benzene rings is 2. The van der Waals surface area contributed by atoms with Gasteiger partial charge in [0.1, 0.15) is 5.01 Å².